The van der Waals surface area contributed by atoms with Gasteiger partial charge in [0.15, 0.2) is 5.82 Å². The van der Waals surface area contributed by atoms with Crippen molar-refractivity contribution in [2.45, 2.75) is 38.3 Å². The van der Waals surface area contributed by atoms with E-state index in [9.17, 15) is 9.59 Å². The number of likely N-dealkylation sites (N-methyl/N-ethyl adjacent to an activating group) is 1. The van der Waals surface area contributed by atoms with Crippen molar-refractivity contribution in [3.05, 3.63) is 30.0 Å². The van der Waals surface area contributed by atoms with E-state index >= 15 is 0 Å². The molecule has 11 heteroatoms. The van der Waals surface area contributed by atoms with Crippen LogP contribution < -0.4 is 25.3 Å². The Morgan fingerprint density at radius 1 is 1.25 bits per heavy atom. The maximum absolute atomic E-state index is 12.9. The third-order valence-electron chi connectivity index (χ3n) is 6.82. The number of methoxy groups -OCH3 is 1. The summed E-state index contributed by atoms with van der Waals surface area (Å²) in [5, 5.41) is 10.1. The van der Waals surface area contributed by atoms with Crippen molar-refractivity contribution >= 4 is 35.0 Å². The largest absolute Gasteiger partial charge is 0.495 e. The lowest BCUT2D eigenvalue weighted by atomic mass is 10.0. The number of benzene rings is 1. The van der Waals surface area contributed by atoms with Crippen LogP contribution >= 0.6 is 0 Å². The standard InChI is InChI=1S/C25H36N8O3.2H2/c1-7-19-24(35)32(5)20-15-26-25(29-22(20)33(19)30(2)3)28-18-9-8-16(14-21(18)36-6)23(34)27-17-10-12-31(4)13-11-17;;/h8-9,14-15,17,19H,7,10-13H2,1-6H3,(H,27,34)(H,26,28,29);2*1H. The molecule has 0 aliphatic carbocycles. The quantitative estimate of drug-likeness (QED) is 0.593. The molecule has 0 bridgehead atoms. The minimum absolute atomic E-state index is 0. The Morgan fingerprint density at radius 3 is 2.61 bits per heavy atom. The highest BCUT2D eigenvalue weighted by molar-refractivity contribution is 6.04. The fourth-order valence-electron chi connectivity index (χ4n) is 4.72. The second-order valence-corrected chi connectivity index (χ2v) is 9.51. The molecule has 1 unspecified atom stereocenters. The lowest BCUT2D eigenvalue weighted by molar-refractivity contribution is -0.120. The van der Waals surface area contributed by atoms with Crippen LogP contribution in [0.4, 0.5) is 23.1 Å². The molecule has 1 atom stereocenters. The summed E-state index contributed by atoms with van der Waals surface area (Å²) >= 11 is 0. The number of likely N-dealkylation sites (tertiary alicyclic amines) is 1. The van der Waals surface area contributed by atoms with Crippen molar-refractivity contribution in [1.82, 2.24) is 25.2 Å². The van der Waals surface area contributed by atoms with Gasteiger partial charge in [0, 0.05) is 35.6 Å². The maximum Gasteiger partial charge on any atom is 0.251 e. The molecule has 2 N–H and O–H groups in total. The lowest BCUT2D eigenvalue weighted by Crippen LogP contribution is -2.57. The minimum Gasteiger partial charge on any atom is -0.495 e. The van der Waals surface area contributed by atoms with Crippen LogP contribution in [-0.4, -0.2) is 92.2 Å². The molecule has 1 saturated heterocycles. The summed E-state index contributed by atoms with van der Waals surface area (Å²) < 4.78 is 5.57. The van der Waals surface area contributed by atoms with Crippen LogP contribution in [-0.2, 0) is 4.79 Å². The van der Waals surface area contributed by atoms with Gasteiger partial charge >= 0.3 is 0 Å². The van der Waals surface area contributed by atoms with Gasteiger partial charge in [-0.05, 0) is 57.6 Å². The average molecular weight is 501 g/mol. The molecule has 11 nitrogen and oxygen atoms in total. The number of carbonyl (C=O) groups excluding carboxylic acids is 2. The van der Waals surface area contributed by atoms with Gasteiger partial charge < -0.3 is 25.2 Å². The maximum atomic E-state index is 12.9. The molecule has 0 spiro atoms. The molecule has 3 heterocycles. The Morgan fingerprint density at radius 2 is 1.97 bits per heavy atom. The van der Waals surface area contributed by atoms with Crippen LogP contribution in [0.3, 0.4) is 0 Å². The number of hydrogen-bond donors (Lipinski definition) is 2. The van der Waals surface area contributed by atoms with Crippen LogP contribution in [0.5, 0.6) is 5.75 Å². The van der Waals surface area contributed by atoms with Gasteiger partial charge in [-0.3, -0.25) is 14.6 Å². The Hall–Kier alpha value is -3.44. The molecule has 2 aliphatic rings. The fourth-order valence-corrected chi connectivity index (χ4v) is 4.72. The molecule has 36 heavy (non-hydrogen) atoms. The van der Waals surface area contributed by atoms with E-state index < -0.39 is 0 Å². The van der Waals surface area contributed by atoms with Crippen molar-refractivity contribution in [2.75, 3.05) is 63.6 Å². The number of rotatable bonds is 7. The number of ether oxygens (including phenoxy) is 1. The topological polar surface area (TPSA) is 106 Å². The second kappa shape index (κ2) is 10.7. The summed E-state index contributed by atoms with van der Waals surface area (Å²) in [6, 6.07) is 5.10. The van der Waals surface area contributed by atoms with Gasteiger partial charge in [0.05, 0.1) is 19.0 Å². The molecule has 1 aromatic heterocycles. The van der Waals surface area contributed by atoms with Gasteiger partial charge in [0.2, 0.25) is 5.95 Å². The number of piperidine rings is 1. The Labute approximate surface area is 215 Å². The van der Waals surface area contributed by atoms with E-state index in [2.05, 4.69) is 27.6 Å². The van der Waals surface area contributed by atoms with E-state index in [-0.39, 0.29) is 26.8 Å². The van der Waals surface area contributed by atoms with E-state index in [1.54, 1.807) is 43.5 Å². The Bertz CT molecular complexity index is 1130. The molecule has 0 saturated carbocycles. The van der Waals surface area contributed by atoms with Gasteiger partial charge in [0.25, 0.3) is 11.8 Å². The van der Waals surface area contributed by atoms with E-state index in [4.69, 9.17) is 9.72 Å². The number of aromatic nitrogens is 2. The summed E-state index contributed by atoms with van der Waals surface area (Å²) in [4.78, 5) is 38.7. The first-order valence-corrected chi connectivity index (χ1v) is 12.3. The zero-order valence-electron chi connectivity index (χ0n) is 21.9. The smallest absolute Gasteiger partial charge is 0.251 e. The van der Waals surface area contributed by atoms with E-state index in [1.807, 2.05) is 31.0 Å². The van der Waals surface area contributed by atoms with Gasteiger partial charge in [-0.2, -0.15) is 4.98 Å². The summed E-state index contributed by atoms with van der Waals surface area (Å²) in [5.41, 5.74) is 1.81. The molecular weight excluding hydrogens is 460 g/mol. The molecule has 1 aromatic carbocycles. The molecular formula is C25H40N8O3. The number of anilines is 4. The number of amides is 2. The van der Waals surface area contributed by atoms with E-state index in [0.29, 0.717) is 40.9 Å². The highest BCUT2D eigenvalue weighted by Gasteiger charge is 2.38. The van der Waals surface area contributed by atoms with Crippen molar-refractivity contribution in [2.24, 2.45) is 0 Å². The molecule has 2 aliphatic heterocycles. The monoisotopic (exact) mass is 500 g/mol. The van der Waals surface area contributed by atoms with Crippen LogP contribution in [0, 0.1) is 0 Å². The molecule has 0 radical (unpaired) electrons. The van der Waals surface area contributed by atoms with Gasteiger partial charge in [-0.25, -0.2) is 9.99 Å². The Balaban J connectivity index is 0.00000253. The zero-order valence-corrected chi connectivity index (χ0v) is 21.9. The average Bonchev–Trinajstić information content (AvgIpc) is 2.87. The predicted octanol–water partition coefficient (Wildman–Crippen LogP) is 2.58. The summed E-state index contributed by atoms with van der Waals surface area (Å²) in [7, 11) is 9.18. The molecule has 4 rings (SSSR count). The van der Waals surface area contributed by atoms with Crippen LogP contribution in [0.25, 0.3) is 0 Å². The fraction of sp³-hybridized carbons (Fsp3) is 0.520. The van der Waals surface area contributed by atoms with Gasteiger partial charge in [-0.1, -0.05) is 6.92 Å². The number of carbonyl (C=O) groups is 2. The molecule has 198 valence electrons. The molecule has 2 amide bonds. The van der Waals surface area contributed by atoms with Crippen molar-refractivity contribution in [3.63, 3.8) is 0 Å². The zero-order chi connectivity index (χ0) is 26.0. The van der Waals surface area contributed by atoms with Gasteiger partial charge in [-0.15, -0.1) is 0 Å². The third kappa shape index (κ3) is 5.07. The minimum atomic E-state index is -0.350. The summed E-state index contributed by atoms with van der Waals surface area (Å²) in [5.74, 6) is 1.40. The summed E-state index contributed by atoms with van der Waals surface area (Å²) in [6.07, 6.45) is 4.17. The SMILES string of the molecule is CCC1C(=O)N(C)c2cnc(Nc3ccc(C(=O)NC4CCN(C)CC4)cc3OC)nc2N1N(C)C.[HH].[HH]. The predicted molar refractivity (Wildman–Crippen MR) is 144 cm³/mol. The number of nitrogens with one attached hydrogen (secondary N) is 2. The van der Waals surface area contributed by atoms with E-state index in [0.717, 1.165) is 25.9 Å². The van der Waals surface area contributed by atoms with Crippen molar-refractivity contribution in [1.29, 1.82) is 0 Å². The van der Waals surface area contributed by atoms with Crippen LogP contribution in [0.2, 0.25) is 0 Å². The lowest BCUT2D eigenvalue weighted by Gasteiger charge is -2.43. The second-order valence-electron chi connectivity index (χ2n) is 9.51. The first-order chi connectivity index (χ1) is 17.2. The first kappa shape index (κ1) is 25.6. The van der Waals surface area contributed by atoms with Gasteiger partial charge in [0.1, 0.15) is 17.5 Å². The first-order valence-electron chi connectivity index (χ1n) is 12.3. The summed E-state index contributed by atoms with van der Waals surface area (Å²) in [6.45, 7) is 3.94. The van der Waals surface area contributed by atoms with Crippen LogP contribution in [0.1, 0.15) is 39.4 Å². The third-order valence-corrected chi connectivity index (χ3v) is 6.82. The number of hydrogen-bond acceptors (Lipinski definition) is 9. The number of hydrazine groups is 1. The highest BCUT2D eigenvalue weighted by Crippen LogP contribution is 2.36. The normalized spacial score (nSPS) is 18.9. The van der Waals surface area contributed by atoms with E-state index in [1.165, 1.54) is 0 Å². The molecule has 2 aromatic rings. The van der Waals surface area contributed by atoms with Crippen LogP contribution in [0.15, 0.2) is 24.4 Å². The van der Waals surface area contributed by atoms with Crippen molar-refractivity contribution < 1.29 is 17.2 Å². The number of fused-ring (bicyclic) bond motifs is 1. The Kier molecular flexibility index (Phi) is 7.60. The highest BCUT2D eigenvalue weighted by atomic mass is 16.5. The molecule has 1 fully saturated rings. The number of nitrogens with zero attached hydrogens (tertiary/aromatic N) is 6. The van der Waals surface area contributed by atoms with Crippen molar-refractivity contribution in [3.8, 4) is 5.75 Å².